The van der Waals surface area contributed by atoms with Crippen molar-refractivity contribution in [1.29, 1.82) is 0 Å². The third-order valence-corrected chi connectivity index (χ3v) is 3.15. The second-order valence-corrected chi connectivity index (χ2v) is 4.43. The zero-order valence-electron chi connectivity index (χ0n) is 8.43. The summed E-state index contributed by atoms with van der Waals surface area (Å²) in [4.78, 5) is 0. The summed E-state index contributed by atoms with van der Waals surface area (Å²) < 4.78 is 0. The monoisotopic (exact) mass is 171 g/mol. The molecule has 1 aliphatic rings. The van der Waals surface area contributed by atoms with E-state index in [9.17, 15) is 5.11 Å². The van der Waals surface area contributed by atoms with Gasteiger partial charge < -0.3 is 10.4 Å². The fraction of sp³-hybridized carbons (Fsp3) is 1.00. The summed E-state index contributed by atoms with van der Waals surface area (Å²) in [6.45, 7) is 4.16. The first-order chi connectivity index (χ1) is 5.55. The molecule has 0 aromatic carbocycles. The molecule has 2 N–H and O–H groups in total. The molecule has 72 valence electrons. The Kier molecular flexibility index (Phi) is 3.13. The van der Waals surface area contributed by atoms with Crippen molar-refractivity contribution in [2.75, 3.05) is 7.05 Å². The average molecular weight is 171 g/mol. The highest BCUT2D eigenvalue weighted by atomic mass is 16.3. The van der Waals surface area contributed by atoms with Crippen LogP contribution in [0.5, 0.6) is 0 Å². The maximum atomic E-state index is 9.86. The van der Waals surface area contributed by atoms with Gasteiger partial charge in [0.15, 0.2) is 0 Å². The van der Waals surface area contributed by atoms with Crippen LogP contribution in [-0.2, 0) is 0 Å². The molecule has 1 rings (SSSR count). The van der Waals surface area contributed by atoms with E-state index in [0.29, 0.717) is 12.0 Å². The first-order valence-corrected chi connectivity index (χ1v) is 4.95. The molecule has 0 spiro atoms. The zero-order valence-corrected chi connectivity index (χ0v) is 8.43. The lowest BCUT2D eigenvalue weighted by Crippen LogP contribution is -2.40. The minimum Gasteiger partial charge on any atom is -0.390 e. The van der Waals surface area contributed by atoms with Gasteiger partial charge in [0.05, 0.1) is 5.60 Å². The first kappa shape index (κ1) is 10.0. The van der Waals surface area contributed by atoms with Crippen LogP contribution in [0.15, 0.2) is 0 Å². The number of rotatable bonds is 2. The molecule has 2 heteroatoms. The Morgan fingerprint density at radius 2 is 2.25 bits per heavy atom. The van der Waals surface area contributed by atoms with Crippen LogP contribution in [0.2, 0.25) is 0 Å². The second-order valence-electron chi connectivity index (χ2n) is 4.43. The Labute approximate surface area is 75.4 Å². The molecule has 3 unspecified atom stereocenters. The molecule has 0 aromatic heterocycles. The van der Waals surface area contributed by atoms with Crippen molar-refractivity contribution in [2.45, 2.75) is 51.2 Å². The molecular formula is C10H21NO. The molecule has 2 nitrogen and oxygen atoms in total. The van der Waals surface area contributed by atoms with Crippen LogP contribution >= 0.6 is 0 Å². The predicted octanol–water partition coefficient (Wildman–Crippen LogP) is 1.54. The van der Waals surface area contributed by atoms with Crippen molar-refractivity contribution in [3.63, 3.8) is 0 Å². The van der Waals surface area contributed by atoms with Crippen molar-refractivity contribution in [1.82, 2.24) is 5.32 Å². The lowest BCUT2D eigenvalue weighted by Gasteiger charge is -2.36. The van der Waals surface area contributed by atoms with Crippen LogP contribution < -0.4 is 5.32 Å². The highest BCUT2D eigenvalue weighted by Gasteiger charge is 2.31. The zero-order chi connectivity index (χ0) is 9.19. The standard InChI is InChI=1S/C10H21NO/c1-8(11-3)9-5-4-6-10(2,12)7-9/h8-9,11-12H,4-7H2,1-3H3. The van der Waals surface area contributed by atoms with E-state index in [1.54, 1.807) is 0 Å². The van der Waals surface area contributed by atoms with E-state index in [0.717, 1.165) is 12.8 Å². The molecule has 0 bridgehead atoms. The Morgan fingerprint density at radius 1 is 1.58 bits per heavy atom. The Morgan fingerprint density at radius 3 is 2.75 bits per heavy atom. The van der Waals surface area contributed by atoms with E-state index in [2.05, 4.69) is 12.2 Å². The highest BCUT2D eigenvalue weighted by Crippen LogP contribution is 2.33. The van der Waals surface area contributed by atoms with E-state index in [1.807, 2.05) is 14.0 Å². The maximum absolute atomic E-state index is 9.86. The van der Waals surface area contributed by atoms with Crippen molar-refractivity contribution in [3.05, 3.63) is 0 Å². The van der Waals surface area contributed by atoms with Gasteiger partial charge in [-0.05, 0) is 46.1 Å². The normalized spacial score (nSPS) is 39.5. The van der Waals surface area contributed by atoms with Gasteiger partial charge in [-0.3, -0.25) is 0 Å². The Bertz CT molecular complexity index is 145. The van der Waals surface area contributed by atoms with Crippen LogP contribution in [0, 0.1) is 5.92 Å². The van der Waals surface area contributed by atoms with Gasteiger partial charge in [-0.15, -0.1) is 0 Å². The lowest BCUT2D eigenvalue weighted by molar-refractivity contribution is -0.00477. The summed E-state index contributed by atoms with van der Waals surface area (Å²) in [5.74, 6) is 0.652. The topological polar surface area (TPSA) is 32.3 Å². The molecule has 0 aliphatic heterocycles. The molecule has 0 aromatic rings. The summed E-state index contributed by atoms with van der Waals surface area (Å²) in [7, 11) is 1.99. The van der Waals surface area contributed by atoms with Crippen LogP contribution in [0.4, 0.5) is 0 Å². The molecule has 1 fully saturated rings. The fourth-order valence-corrected chi connectivity index (χ4v) is 2.18. The average Bonchev–Trinajstić information content (AvgIpc) is 2.01. The number of hydrogen-bond donors (Lipinski definition) is 2. The number of aliphatic hydroxyl groups is 1. The van der Waals surface area contributed by atoms with Gasteiger partial charge in [0.2, 0.25) is 0 Å². The van der Waals surface area contributed by atoms with Gasteiger partial charge in [-0.1, -0.05) is 6.42 Å². The summed E-state index contributed by atoms with van der Waals surface area (Å²) in [6, 6.07) is 0.539. The summed E-state index contributed by atoms with van der Waals surface area (Å²) in [5, 5.41) is 13.1. The van der Waals surface area contributed by atoms with E-state index < -0.39 is 5.60 Å². The number of nitrogens with one attached hydrogen (secondary N) is 1. The maximum Gasteiger partial charge on any atom is 0.0623 e. The van der Waals surface area contributed by atoms with E-state index in [1.165, 1.54) is 12.8 Å². The van der Waals surface area contributed by atoms with E-state index in [-0.39, 0.29) is 0 Å². The van der Waals surface area contributed by atoms with E-state index >= 15 is 0 Å². The Hall–Kier alpha value is -0.0800. The van der Waals surface area contributed by atoms with Crippen molar-refractivity contribution < 1.29 is 5.11 Å². The fourth-order valence-electron chi connectivity index (χ4n) is 2.18. The second kappa shape index (κ2) is 3.75. The highest BCUT2D eigenvalue weighted by molar-refractivity contribution is 4.86. The SMILES string of the molecule is CNC(C)C1CCCC(C)(O)C1. The van der Waals surface area contributed by atoms with Crippen molar-refractivity contribution >= 4 is 0 Å². The quantitative estimate of drug-likeness (QED) is 0.660. The van der Waals surface area contributed by atoms with Crippen LogP contribution in [0.1, 0.15) is 39.5 Å². The largest absolute Gasteiger partial charge is 0.390 e. The minimum atomic E-state index is -0.409. The van der Waals surface area contributed by atoms with E-state index in [4.69, 9.17) is 0 Å². The van der Waals surface area contributed by atoms with Crippen molar-refractivity contribution in [3.8, 4) is 0 Å². The first-order valence-electron chi connectivity index (χ1n) is 4.95. The van der Waals surface area contributed by atoms with Crippen LogP contribution in [-0.4, -0.2) is 23.8 Å². The van der Waals surface area contributed by atoms with Crippen LogP contribution in [0.25, 0.3) is 0 Å². The molecular weight excluding hydrogens is 150 g/mol. The van der Waals surface area contributed by atoms with Crippen LogP contribution in [0.3, 0.4) is 0 Å². The molecule has 12 heavy (non-hydrogen) atoms. The summed E-state index contributed by atoms with van der Waals surface area (Å²) in [6.07, 6.45) is 4.36. The summed E-state index contributed by atoms with van der Waals surface area (Å²) >= 11 is 0. The summed E-state index contributed by atoms with van der Waals surface area (Å²) in [5.41, 5.74) is -0.409. The third kappa shape index (κ3) is 2.46. The van der Waals surface area contributed by atoms with Gasteiger partial charge in [0.1, 0.15) is 0 Å². The molecule has 3 atom stereocenters. The number of hydrogen-bond acceptors (Lipinski definition) is 2. The molecule has 1 aliphatic carbocycles. The van der Waals surface area contributed by atoms with Gasteiger partial charge in [-0.2, -0.15) is 0 Å². The lowest BCUT2D eigenvalue weighted by atomic mass is 9.76. The van der Waals surface area contributed by atoms with Gasteiger partial charge in [0, 0.05) is 6.04 Å². The van der Waals surface area contributed by atoms with Crippen molar-refractivity contribution in [2.24, 2.45) is 5.92 Å². The molecule has 0 heterocycles. The molecule has 1 saturated carbocycles. The third-order valence-electron chi connectivity index (χ3n) is 3.15. The smallest absolute Gasteiger partial charge is 0.0623 e. The Balaban J connectivity index is 2.46. The van der Waals surface area contributed by atoms with Gasteiger partial charge in [0.25, 0.3) is 0 Å². The van der Waals surface area contributed by atoms with Gasteiger partial charge >= 0.3 is 0 Å². The molecule has 0 radical (unpaired) electrons. The molecule has 0 amide bonds. The predicted molar refractivity (Wildman–Crippen MR) is 51.1 cm³/mol. The minimum absolute atomic E-state index is 0.409. The molecule has 0 saturated heterocycles. The van der Waals surface area contributed by atoms with Gasteiger partial charge in [-0.25, -0.2) is 0 Å².